The fourth-order valence-electron chi connectivity index (χ4n) is 3.22. The molecule has 6 nitrogen and oxygen atoms in total. The van der Waals surface area contributed by atoms with E-state index in [2.05, 4.69) is 0 Å². The van der Waals surface area contributed by atoms with Crippen LogP contribution < -0.4 is 10.3 Å². The Labute approximate surface area is 164 Å². The van der Waals surface area contributed by atoms with Gasteiger partial charge in [-0.15, -0.1) is 0 Å². The van der Waals surface area contributed by atoms with Gasteiger partial charge in [-0.2, -0.15) is 0 Å². The number of amides is 1. The van der Waals surface area contributed by atoms with Crippen LogP contribution in [0.3, 0.4) is 0 Å². The van der Waals surface area contributed by atoms with Crippen molar-refractivity contribution < 1.29 is 9.53 Å². The van der Waals surface area contributed by atoms with Crippen molar-refractivity contribution in [2.75, 3.05) is 13.7 Å². The number of benzene rings is 2. The molecule has 0 bridgehead atoms. The lowest BCUT2D eigenvalue weighted by molar-refractivity contribution is -0.131. The Balaban J connectivity index is 2.33. The number of carbonyl (C=O) groups excluding carboxylic acids is 1. The maximum atomic E-state index is 13.4. The van der Waals surface area contributed by atoms with Gasteiger partial charge in [0.1, 0.15) is 11.6 Å². The van der Waals surface area contributed by atoms with Crippen LogP contribution in [0, 0.1) is 0 Å². The molecule has 0 fully saturated rings. The summed E-state index contributed by atoms with van der Waals surface area (Å²) < 4.78 is 7.32. The number of aromatic nitrogens is 2. The molecule has 0 saturated carbocycles. The van der Waals surface area contributed by atoms with E-state index < -0.39 is 0 Å². The van der Waals surface area contributed by atoms with E-state index in [0.29, 0.717) is 41.2 Å². The smallest absolute Gasteiger partial charge is 0.266 e. The summed E-state index contributed by atoms with van der Waals surface area (Å²) in [6.45, 7) is 6.07. The van der Waals surface area contributed by atoms with E-state index >= 15 is 0 Å². The molecule has 0 N–H and O–H groups in total. The molecule has 6 heteroatoms. The summed E-state index contributed by atoms with van der Waals surface area (Å²) in [4.78, 5) is 32.1. The molecular weight excluding hydrogens is 354 g/mol. The lowest BCUT2D eigenvalue weighted by Crippen LogP contribution is -2.34. The normalized spacial score (nSPS) is 12.0. The summed E-state index contributed by atoms with van der Waals surface area (Å²) in [5.74, 6) is 1.09. The highest BCUT2D eigenvalue weighted by atomic mass is 16.5. The van der Waals surface area contributed by atoms with Crippen LogP contribution in [0.2, 0.25) is 0 Å². The molecule has 28 heavy (non-hydrogen) atoms. The Morgan fingerprint density at radius 1 is 1.14 bits per heavy atom. The average Bonchev–Trinajstić information content (AvgIpc) is 2.73. The second-order valence-corrected chi connectivity index (χ2v) is 6.56. The molecule has 3 aromatic rings. The molecule has 0 saturated heterocycles. The van der Waals surface area contributed by atoms with Gasteiger partial charge in [-0.25, -0.2) is 4.98 Å². The van der Waals surface area contributed by atoms with Gasteiger partial charge in [0.2, 0.25) is 5.91 Å². The molecule has 1 amide bonds. The predicted octanol–water partition coefficient (Wildman–Crippen LogP) is 3.71. The quantitative estimate of drug-likeness (QED) is 0.655. The van der Waals surface area contributed by atoms with Gasteiger partial charge < -0.3 is 9.64 Å². The van der Waals surface area contributed by atoms with Gasteiger partial charge in [-0.1, -0.05) is 31.2 Å². The van der Waals surface area contributed by atoms with Gasteiger partial charge >= 0.3 is 0 Å². The van der Waals surface area contributed by atoms with Crippen molar-refractivity contribution in [3.8, 4) is 11.4 Å². The van der Waals surface area contributed by atoms with Crippen molar-refractivity contribution in [1.82, 2.24) is 14.5 Å². The van der Waals surface area contributed by atoms with Crippen LogP contribution in [0.25, 0.3) is 16.6 Å². The molecule has 0 spiro atoms. The largest absolute Gasteiger partial charge is 0.492 e. The van der Waals surface area contributed by atoms with Gasteiger partial charge in [-0.3, -0.25) is 14.2 Å². The number of hydrogen-bond donors (Lipinski definition) is 0. The maximum absolute atomic E-state index is 13.4. The van der Waals surface area contributed by atoms with E-state index in [1.165, 1.54) is 0 Å². The van der Waals surface area contributed by atoms with Gasteiger partial charge in [0.25, 0.3) is 5.56 Å². The minimum Gasteiger partial charge on any atom is -0.492 e. The van der Waals surface area contributed by atoms with Crippen LogP contribution >= 0.6 is 0 Å². The van der Waals surface area contributed by atoms with Gasteiger partial charge in [-0.05, 0) is 38.1 Å². The lowest BCUT2D eigenvalue weighted by atomic mass is 10.1. The summed E-state index contributed by atoms with van der Waals surface area (Å²) in [6.07, 6.45) is 0.383. The number of carbonyl (C=O) groups is 1. The van der Waals surface area contributed by atoms with Crippen molar-refractivity contribution >= 4 is 16.8 Å². The van der Waals surface area contributed by atoms with E-state index in [4.69, 9.17) is 9.72 Å². The fraction of sp³-hybridized carbons (Fsp3) is 0.318. The van der Waals surface area contributed by atoms with Crippen molar-refractivity contribution in [2.24, 2.45) is 0 Å². The van der Waals surface area contributed by atoms with Crippen molar-refractivity contribution in [3.05, 3.63) is 64.7 Å². The van der Waals surface area contributed by atoms with Gasteiger partial charge in [0, 0.05) is 13.5 Å². The fourth-order valence-corrected chi connectivity index (χ4v) is 3.22. The van der Waals surface area contributed by atoms with Crippen LogP contribution in [-0.2, 0) is 4.79 Å². The number of hydrogen-bond acceptors (Lipinski definition) is 4. The molecule has 1 heterocycles. The van der Waals surface area contributed by atoms with Gasteiger partial charge in [0.05, 0.1) is 29.2 Å². The van der Waals surface area contributed by atoms with Crippen molar-refractivity contribution in [3.63, 3.8) is 0 Å². The molecular formula is C22H25N3O3. The molecule has 0 aliphatic heterocycles. The van der Waals surface area contributed by atoms with Crippen molar-refractivity contribution in [2.45, 2.75) is 33.2 Å². The van der Waals surface area contributed by atoms with Crippen LogP contribution in [0.4, 0.5) is 0 Å². The summed E-state index contributed by atoms with van der Waals surface area (Å²) in [5.41, 5.74) is 1.04. The third-order valence-corrected chi connectivity index (χ3v) is 4.86. The minimum absolute atomic E-state index is 0.0143. The first-order valence-corrected chi connectivity index (χ1v) is 9.49. The number of para-hydroxylation sites is 3. The first-order chi connectivity index (χ1) is 13.5. The minimum atomic E-state index is -0.389. The molecule has 1 atom stereocenters. The van der Waals surface area contributed by atoms with E-state index in [1.807, 2.05) is 63.2 Å². The number of fused-ring (bicyclic) bond motifs is 1. The zero-order valence-corrected chi connectivity index (χ0v) is 16.7. The van der Waals surface area contributed by atoms with Gasteiger partial charge in [0.15, 0.2) is 0 Å². The Hall–Kier alpha value is -3.15. The molecule has 0 aliphatic carbocycles. The van der Waals surface area contributed by atoms with Crippen LogP contribution in [0.15, 0.2) is 53.3 Å². The first-order valence-electron chi connectivity index (χ1n) is 9.49. The molecule has 1 unspecified atom stereocenters. The predicted molar refractivity (Wildman–Crippen MR) is 110 cm³/mol. The summed E-state index contributed by atoms with van der Waals surface area (Å²) in [6, 6.07) is 14.2. The van der Waals surface area contributed by atoms with E-state index in [1.54, 1.807) is 22.6 Å². The summed E-state index contributed by atoms with van der Waals surface area (Å²) in [5, 5.41) is 0.522. The molecule has 146 valence electrons. The topological polar surface area (TPSA) is 64.4 Å². The summed E-state index contributed by atoms with van der Waals surface area (Å²) >= 11 is 0. The Morgan fingerprint density at radius 2 is 1.82 bits per heavy atom. The van der Waals surface area contributed by atoms with Crippen LogP contribution in [0.1, 0.15) is 39.1 Å². The Bertz CT molecular complexity index is 1060. The standard InChI is InChI=1S/C22H25N3O3/c1-5-20(26)24(4)15(3)21-23-17-12-8-7-11-16(17)22(27)25(21)18-13-9-10-14-19(18)28-6-2/h7-15H,5-6H2,1-4H3. The Morgan fingerprint density at radius 3 is 2.54 bits per heavy atom. The average molecular weight is 379 g/mol. The highest BCUT2D eigenvalue weighted by Gasteiger charge is 2.24. The molecule has 2 aromatic carbocycles. The highest BCUT2D eigenvalue weighted by molar-refractivity contribution is 5.79. The first kappa shape index (κ1) is 19.6. The summed E-state index contributed by atoms with van der Waals surface area (Å²) in [7, 11) is 1.73. The molecule has 1 aromatic heterocycles. The number of ether oxygens (including phenoxy) is 1. The zero-order chi connectivity index (χ0) is 20.3. The molecule has 0 aliphatic rings. The maximum Gasteiger partial charge on any atom is 0.266 e. The van der Waals surface area contributed by atoms with E-state index in [9.17, 15) is 9.59 Å². The van der Waals surface area contributed by atoms with Crippen molar-refractivity contribution in [1.29, 1.82) is 0 Å². The SMILES string of the molecule is CCOc1ccccc1-n1c(C(C)N(C)C(=O)CC)nc2ccccc2c1=O. The molecule has 3 rings (SSSR count). The third-order valence-electron chi connectivity index (χ3n) is 4.86. The number of nitrogens with zero attached hydrogens (tertiary/aromatic N) is 3. The lowest BCUT2D eigenvalue weighted by Gasteiger charge is -2.27. The monoisotopic (exact) mass is 379 g/mol. The van der Waals surface area contributed by atoms with E-state index in [-0.39, 0.29) is 17.5 Å². The second kappa shape index (κ2) is 8.25. The zero-order valence-electron chi connectivity index (χ0n) is 16.7. The third kappa shape index (κ3) is 3.50. The highest BCUT2D eigenvalue weighted by Crippen LogP contribution is 2.27. The van der Waals surface area contributed by atoms with E-state index in [0.717, 1.165) is 0 Å². The Kier molecular flexibility index (Phi) is 5.78. The van der Waals surface area contributed by atoms with Crippen LogP contribution in [0.5, 0.6) is 5.75 Å². The molecule has 0 radical (unpaired) electrons. The number of rotatable bonds is 6. The van der Waals surface area contributed by atoms with Crippen LogP contribution in [-0.4, -0.2) is 34.0 Å². The second-order valence-electron chi connectivity index (χ2n) is 6.56.